The molecule has 25 heavy (non-hydrogen) atoms. The maximum atomic E-state index is 12.8. The van der Waals surface area contributed by atoms with E-state index in [1.54, 1.807) is 6.07 Å². The highest BCUT2D eigenvalue weighted by Gasteiger charge is 2.30. The smallest absolute Gasteiger partial charge is 0.416 e. The fourth-order valence-electron chi connectivity index (χ4n) is 2.25. The van der Waals surface area contributed by atoms with Gasteiger partial charge in [-0.3, -0.25) is 0 Å². The van der Waals surface area contributed by atoms with E-state index < -0.39 is 11.7 Å². The molecule has 1 N–H and O–H groups in total. The third kappa shape index (κ3) is 4.30. The number of hydrogen-bond donors (Lipinski definition) is 1. The van der Waals surface area contributed by atoms with Crippen LogP contribution in [0.25, 0.3) is 11.3 Å². The van der Waals surface area contributed by atoms with Crippen LogP contribution in [0.2, 0.25) is 0 Å². The van der Waals surface area contributed by atoms with Crippen molar-refractivity contribution in [3.63, 3.8) is 0 Å². The van der Waals surface area contributed by atoms with E-state index in [1.807, 2.05) is 36.6 Å². The minimum absolute atomic E-state index is 0.349. The molecule has 2 aromatic carbocycles. The number of alkyl halides is 3. The molecule has 0 aliphatic heterocycles. The van der Waals surface area contributed by atoms with Gasteiger partial charge in [0.05, 0.1) is 17.9 Å². The van der Waals surface area contributed by atoms with E-state index in [2.05, 4.69) is 10.3 Å². The van der Waals surface area contributed by atoms with Gasteiger partial charge in [-0.25, -0.2) is 4.98 Å². The number of aromatic nitrogens is 1. The normalized spacial score (nSPS) is 11.4. The van der Waals surface area contributed by atoms with Crippen LogP contribution in [0.5, 0.6) is 5.75 Å². The molecule has 0 amide bonds. The molecule has 0 unspecified atom stereocenters. The standard InChI is InChI=1S/C18H15F3N2OS/c1-2-24-15-8-6-12(7-9-15)16-11-25-17(23-16)22-14-5-3-4-13(10-14)18(19,20)21/h3-11H,2H2,1H3,(H,22,23). The Labute approximate surface area is 147 Å². The first-order valence-electron chi connectivity index (χ1n) is 7.59. The number of ether oxygens (including phenoxy) is 1. The summed E-state index contributed by atoms with van der Waals surface area (Å²) in [6, 6.07) is 12.6. The summed E-state index contributed by atoms with van der Waals surface area (Å²) < 4.78 is 43.7. The van der Waals surface area contributed by atoms with Crippen LogP contribution in [0, 0.1) is 0 Å². The maximum Gasteiger partial charge on any atom is 0.416 e. The lowest BCUT2D eigenvalue weighted by molar-refractivity contribution is -0.137. The molecule has 7 heteroatoms. The van der Waals surface area contributed by atoms with Gasteiger partial charge in [-0.2, -0.15) is 13.2 Å². The van der Waals surface area contributed by atoms with E-state index in [0.29, 0.717) is 17.4 Å². The van der Waals surface area contributed by atoms with Crippen molar-refractivity contribution in [3.8, 4) is 17.0 Å². The van der Waals surface area contributed by atoms with Crippen molar-refractivity contribution in [1.29, 1.82) is 0 Å². The monoisotopic (exact) mass is 364 g/mol. The Morgan fingerprint density at radius 1 is 1.12 bits per heavy atom. The molecule has 0 spiro atoms. The van der Waals surface area contributed by atoms with E-state index in [1.165, 1.54) is 17.4 Å². The average Bonchev–Trinajstić information content (AvgIpc) is 3.04. The van der Waals surface area contributed by atoms with Crippen LogP contribution >= 0.6 is 11.3 Å². The quantitative estimate of drug-likeness (QED) is 0.605. The van der Waals surface area contributed by atoms with Crippen LogP contribution in [-0.4, -0.2) is 11.6 Å². The van der Waals surface area contributed by atoms with E-state index in [0.717, 1.165) is 29.1 Å². The van der Waals surface area contributed by atoms with Gasteiger partial charge in [0.2, 0.25) is 0 Å². The van der Waals surface area contributed by atoms with Crippen molar-refractivity contribution in [1.82, 2.24) is 4.98 Å². The lowest BCUT2D eigenvalue weighted by Crippen LogP contribution is -2.05. The fourth-order valence-corrected chi connectivity index (χ4v) is 2.99. The van der Waals surface area contributed by atoms with Crippen molar-refractivity contribution in [3.05, 3.63) is 59.5 Å². The highest BCUT2D eigenvalue weighted by atomic mass is 32.1. The minimum atomic E-state index is -4.37. The number of benzene rings is 2. The Balaban J connectivity index is 1.76. The number of nitrogens with zero attached hydrogens (tertiary/aromatic N) is 1. The zero-order valence-corrected chi connectivity index (χ0v) is 14.1. The molecule has 1 aromatic heterocycles. The van der Waals surface area contributed by atoms with Crippen LogP contribution in [0.3, 0.4) is 0 Å². The van der Waals surface area contributed by atoms with Crippen LogP contribution in [-0.2, 0) is 6.18 Å². The van der Waals surface area contributed by atoms with Gasteiger partial charge in [0.1, 0.15) is 5.75 Å². The van der Waals surface area contributed by atoms with Gasteiger partial charge in [-0.15, -0.1) is 11.3 Å². The molecule has 0 fully saturated rings. The third-order valence-corrected chi connectivity index (χ3v) is 4.16. The van der Waals surface area contributed by atoms with E-state index in [9.17, 15) is 13.2 Å². The molecule has 0 saturated carbocycles. The van der Waals surface area contributed by atoms with Gasteiger partial charge >= 0.3 is 6.18 Å². The van der Waals surface area contributed by atoms with Crippen molar-refractivity contribution in [2.45, 2.75) is 13.1 Å². The number of nitrogens with one attached hydrogen (secondary N) is 1. The molecule has 1 heterocycles. The van der Waals surface area contributed by atoms with E-state index in [4.69, 9.17) is 4.74 Å². The number of rotatable bonds is 5. The topological polar surface area (TPSA) is 34.1 Å². The maximum absolute atomic E-state index is 12.8. The molecule has 0 atom stereocenters. The SMILES string of the molecule is CCOc1ccc(-c2csc(Nc3cccc(C(F)(F)F)c3)n2)cc1. The van der Waals surface area contributed by atoms with E-state index in [-0.39, 0.29) is 0 Å². The summed E-state index contributed by atoms with van der Waals surface area (Å²) in [6.45, 7) is 2.52. The molecule has 3 aromatic rings. The first kappa shape index (κ1) is 17.3. The largest absolute Gasteiger partial charge is 0.494 e. The highest BCUT2D eigenvalue weighted by molar-refractivity contribution is 7.14. The van der Waals surface area contributed by atoms with Gasteiger partial charge in [0.15, 0.2) is 5.13 Å². The van der Waals surface area contributed by atoms with Crippen molar-refractivity contribution >= 4 is 22.2 Å². The Hall–Kier alpha value is -2.54. The number of anilines is 2. The molecular formula is C18H15F3N2OS. The summed E-state index contributed by atoms with van der Waals surface area (Å²) >= 11 is 1.33. The van der Waals surface area contributed by atoms with Gasteiger partial charge in [-0.1, -0.05) is 6.07 Å². The van der Waals surface area contributed by atoms with Crippen LogP contribution in [0.4, 0.5) is 24.0 Å². The molecule has 0 bridgehead atoms. The van der Waals surface area contributed by atoms with Crippen LogP contribution in [0.15, 0.2) is 53.9 Å². The second kappa shape index (κ2) is 7.14. The molecule has 0 aliphatic carbocycles. The lowest BCUT2D eigenvalue weighted by atomic mass is 10.2. The number of hydrogen-bond acceptors (Lipinski definition) is 4. The third-order valence-electron chi connectivity index (χ3n) is 3.41. The summed E-state index contributed by atoms with van der Waals surface area (Å²) in [5.41, 5.74) is 1.32. The predicted molar refractivity (Wildman–Crippen MR) is 93.4 cm³/mol. The molecule has 130 valence electrons. The van der Waals surface area contributed by atoms with Crippen molar-refractivity contribution in [2.24, 2.45) is 0 Å². The fraction of sp³-hybridized carbons (Fsp3) is 0.167. The van der Waals surface area contributed by atoms with Gasteiger partial charge in [0.25, 0.3) is 0 Å². The molecule has 0 saturated heterocycles. The first-order valence-corrected chi connectivity index (χ1v) is 8.46. The second-order valence-corrected chi connectivity index (χ2v) is 6.06. The van der Waals surface area contributed by atoms with Crippen molar-refractivity contribution < 1.29 is 17.9 Å². The molecular weight excluding hydrogens is 349 g/mol. The van der Waals surface area contributed by atoms with Gasteiger partial charge < -0.3 is 10.1 Å². The van der Waals surface area contributed by atoms with Gasteiger partial charge in [0, 0.05) is 16.6 Å². The summed E-state index contributed by atoms with van der Waals surface area (Å²) in [5.74, 6) is 0.781. The Bertz CT molecular complexity index is 844. The average molecular weight is 364 g/mol. The molecule has 0 radical (unpaired) electrons. The Morgan fingerprint density at radius 3 is 2.56 bits per heavy atom. The van der Waals surface area contributed by atoms with E-state index >= 15 is 0 Å². The summed E-state index contributed by atoms with van der Waals surface area (Å²) in [6.07, 6.45) is -4.37. The summed E-state index contributed by atoms with van der Waals surface area (Å²) in [5, 5.41) is 5.30. The zero-order chi connectivity index (χ0) is 17.9. The molecule has 0 aliphatic rings. The summed E-state index contributed by atoms with van der Waals surface area (Å²) in [7, 11) is 0. The van der Waals surface area contributed by atoms with Gasteiger partial charge in [-0.05, 0) is 49.4 Å². The molecule has 3 rings (SSSR count). The van der Waals surface area contributed by atoms with Crippen LogP contribution < -0.4 is 10.1 Å². The van der Waals surface area contributed by atoms with Crippen LogP contribution in [0.1, 0.15) is 12.5 Å². The summed E-state index contributed by atoms with van der Waals surface area (Å²) in [4.78, 5) is 4.43. The first-order chi connectivity index (χ1) is 12.0. The second-order valence-electron chi connectivity index (χ2n) is 5.20. The highest BCUT2D eigenvalue weighted by Crippen LogP contribution is 2.32. The zero-order valence-electron chi connectivity index (χ0n) is 13.3. The Morgan fingerprint density at radius 2 is 1.88 bits per heavy atom. The number of halogens is 3. The number of thiazole rings is 1. The lowest BCUT2D eigenvalue weighted by Gasteiger charge is -2.09. The Kier molecular flexibility index (Phi) is 4.94. The minimum Gasteiger partial charge on any atom is -0.494 e. The van der Waals surface area contributed by atoms with Crippen molar-refractivity contribution in [2.75, 3.05) is 11.9 Å². The predicted octanol–water partition coefficient (Wildman–Crippen LogP) is 5.97. The molecule has 3 nitrogen and oxygen atoms in total.